The molecule has 1 aromatic rings. The highest BCUT2D eigenvalue weighted by atomic mass is 32.2. The second-order valence-corrected chi connectivity index (χ2v) is 8.27. The Labute approximate surface area is 128 Å². The number of nitrogens with one attached hydrogen (secondary N) is 1. The van der Waals surface area contributed by atoms with E-state index in [0.29, 0.717) is 19.0 Å². The van der Waals surface area contributed by atoms with Crippen LogP contribution in [-0.2, 0) is 16.3 Å². The summed E-state index contributed by atoms with van der Waals surface area (Å²) < 4.78 is 22.7. The molecule has 0 fully saturated rings. The van der Waals surface area contributed by atoms with E-state index in [1.807, 2.05) is 24.3 Å². The van der Waals surface area contributed by atoms with Crippen LogP contribution in [-0.4, -0.2) is 38.1 Å². The maximum absolute atomic E-state index is 11.3. The smallest absolute Gasteiger partial charge is 0.151 e. The predicted octanol–water partition coefficient (Wildman–Crippen LogP) is 1.94. The lowest BCUT2D eigenvalue weighted by Crippen LogP contribution is -2.27. The zero-order valence-corrected chi connectivity index (χ0v) is 14.0. The second-order valence-electron chi connectivity index (χ2n) is 5.80. The molecule has 0 spiro atoms. The second kappa shape index (κ2) is 8.51. The van der Waals surface area contributed by atoms with Gasteiger partial charge in [-0.05, 0) is 23.5 Å². The number of hydrogen-bond donors (Lipinski definition) is 2. The Bertz CT molecular complexity index is 509. The van der Waals surface area contributed by atoms with Crippen LogP contribution in [0.3, 0.4) is 0 Å². The van der Waals surface area contributed by atoms with Crippen LogP contribution in [0.1, 0.15) is 38.0 Å². The van der Waals surface area contributed by atoms with Crippen LogP contribution < -0.4 is 5.32 Å². The summed E-state index contributed by atoms with van der Waals surface area (Å²) in [6.45, 7) is 6.73. The van der Waals surface area contributed by atoms with Crippen LogP contribution in [0.25, 0.3) is 0 Å². The van der Waals surface area contributed by atoms with Gasteiger partial charge in [-0.3, -0.25) is 0 Å². The molecular formula is C16H27NO3S. The molecule has 0 saturated carbocycles. The van der Waals surface area contributed by atoms with E-state index in [4.69, 9.17) is 0 Å². The minimum absolute atomic E-state index is 0.115. The molecular weight excluding hydrogens is 286 g/mol. The molecule has 0 aliphatic carbocycles. The van der Waals surface area contributed by atoms with Gasteiger partial charge >= 0.3 is 0 Å². The van der Waals surface area contributed by atoms with E-state index in [1.165, 1.54) is 5.56 Å². The highest BCUT2D eigenvalue weighted by Crippen LogP contribution is 2.15. The summed E-state index contributed by atoms with van der Waals surface area (Å²) in [5.41, 5.74) is 2.12. The van der Waals surface area contributed by atoms with Gasteiger partial charge < -0.3 is 10.4 Å². The third kappa shape index (κ3) is 7.07. The van der Waals surface area contributed by atoms with Gasteiger partial charge in [0.2, 0.25) is 0 Å². The fraction of sp³-hybridized carbons (Fsp3) is 0.625. The number of rotatable bonds is 9. The van der Waals surface area contributed by atoms with Crippen molar-refractivity contribution >= 4 is 9.84 Å². The van der Waals surface area contributed by atoms with Gasteiger partial charge in [-0.1, -0.05) is 45.0 Å². The van der Waals surface area contributed by atoms with Crippen LogP contribution in [0.2, 0.25) is 0 Å². The van der Waals surface area contributed by atoms with Crippen molar-refractivity contribution in [3.8, 4) is 0 Å². The molecule has 0 aliphatic rings. The molecule has 5 heteroatoms. The van der Waals surface area contributed by atoms with E-state index in [1.54, 1.807) is 6.92 Å². The largest absolute Gasteiger partial charge is 0.387 e. The van der Waals surface area contributed by atoms with E-state index >= 15 is 0 Å². The quantitative estimate of drug-likeness (QED) is 0.684. The third-order valence-corrected chi connectivity index (χ3v) is 5.08. The molecule has 1 unspecified atom stereocenters. The van der Waals surface area contributed by atoms with Gasteiger partial charge in [0.15, 0.2) is 9.84 Å². The number of hydrogen-bond acceptors (Lipinski definition) is 4. The summed E-state index contributed by atoms with van der Waals surface area (Å²) in [6.07, 6.45) is 0.422. The van der Waals surface area contributed by atoms with E-state index in [-0.39, 0.29) is 11.5 Å². The molecule has 0 amide bonds. The van der Waals surface area contributed by atoms with Crippen LogP contribution in [0.15, 0.2) is 24.3 Å². The summed E-state index contributed by atoms with van der Waals surface area (Å²) in [6, 6.07) is 7.96. The Hall–Kier alpha value is -0.910. The molecule has 0 radical (unpaired) electrons. The maximum atomic E-state index is 11.3. The van der Waals surface area contributed by atoms with Crippen molar-refractivity contribution in [1.29, 1.82) is 0 Å². The van der Waals surface area contributed by atoms with Gasteiger partial charge in [0.1, 0.15) is 0 Å². The SMILES string of the molecule is CCS(=O)(=O)CCNCC(O)c1ccc(CC(C)C)cc1. The minimum Gasteiger partial charge on any atom is -0.387 e. The molecule has 21 heavy (non-hydrogen) atoms. The van der Waals surface area contributed by atoms with E-state index in [2.05, 4.69) is 19.2 Å². The van der Waals surface area contributed by atoms with Crippen molar-refractivity contribution in [3.05, 3.63) is 35.4 Å². The molecule has 1 rings (SSSR count). The first kappa shape index (κ1) is 18.1. The summed E-state index contributed by atoms with van der Waals surface area (Å²) in [5, 5.41) is 13.1. The summed E-state index contributed by atoms with van der Waals surface area (Å²) in [5.74, 6) is 0.890. The van der Waals surface area contributed by atoms with E-state index in [0.717, 1.165) is 12.0 Å². The first-order chi connectivity index (χ1) is 9.84. The van der Waals surface area contributed by atoms with E-state index < -0.39 is 15.9 Å². The predicted molar refractivity (Wildman–Crippen MR) is 87.1 cm³/mol. The Morgan fingerprint density at radius 2 is 1.81 bits per heavy atom. The first-order valence-corrected chi connectivity index (χ1v) is 9.34. The number of benzene rings is 1. The lowest BCUT2D eigenvalue weighted by atomic mass is 10.0. The normalized spacial score (nSPS) is 13.6. The highest BCUT2D eigenvalue weighted by Gasteiger charge is 2.10. The number of aliphatic hydroxyl groups excluding tert-OH is 1. The molecule has 4 nitrogen and oxygen atoms in total. The molecule has 120 valence electrons. The highest BCUT2D eigenvalue weighted by molar-refractivity contribution is 7.91. The lowest BCUT2D eigenvalue weighted by molar-refractivity contribution is 0.175. The Kier molecular flexibility index (Phi) is 7.35. The van der Waals surface area contributed by atoms with Crippen molar-refractivity contribution in [1.82, 2.24) is 5.32 Å². The van der Waals surface area contributed by atoms with Crippen molar-refractivity contribution < 1.29 is 13.5 Å². The summed E-state index contributed by atoms with van der Waals surface area (Å²) >= 11 is 0. The van der Waals surface area contributed by atoms with Gasteiger partial charge in [-0.15, -0.1) is 0 Å². The Morgan fingerprint density at radius 3 is 2.33 bits per heavy atom. The Balaban J connectivity index is 2.40. The van der Waals surface area contributed by atoms with Crippen LogP contribution in [0.4, 0.5) is 0 Å². The van der Waals surface area contributed by atoms with E-state index in [9.17, 15) is 13.5 Å². The molecule has 0 saturated heterocycles. The lowest BCUT2D eigenvalue weighted by Gasteiger charge is -2.13. The molecule has 0 aromatic heterocycles. The summed E-state index contributed by atoms with van der Waals surface area (Å²) in [4.78, 5) is 0. The molecule has 1 aromatic carbocycles. The Morgan fingerprint density at radius 1 is 1.19 bits per heavy atom. The molecule has 2 N–H and O–H groups in total. The fourth-order valence-corrected chi connectivity index (χ4v) is 2.82. The standard InChI is InChI=1S/C16H27NO3S/c1-4-21(19,20)10-9-17-12-16(18)15-7-5-14(6-8-15)11-13(2)3/h5-8,13,16-18H,4,9-12H2,1-3H3. The monoisotopic (exact) mass is 313 g/mol. The fourth-order valence-electron chi connectivity index (χ4n) is 2.08. The average molecular weight is 313 g/mol. The van der Waals surface area contributed by atoms with Crippen LogP contribution in [0, 0.1) is 5.92 Å². The topological polar surface area (TPSA) is 66.4 Å². The van der Waals surface area contributed by atoms with Crippen molar-refractivity contribution in [3.63, 3.8) is 0 Å². The first-order valence-electron chi connectivity index (χ1n) is 7.52. The molecule has 0 aliphatic heterocycles. The van der Waals surface area contributed by atoms with Crippen molar-refractivity contribution in [2.75, 3.05) is 24.6 Å². The van der Waals surface area contributed by atoms with Gasteiger partial charge in [-0.2, -0.15) is 0 Å². The third-order valence-electron chi connectivity index (χ3n) is 3.38. The van der Waals surface area contributed by atoms with Gasteiger partial charge in [0, 0.05) is 18.8 Å². The maximum Gasteiger partial charge on any atom is 0.151 e. The zero-order chi connectivity index (χ0) is 15.9. The van der Waals surface area contributed by atoms with Gasteiger partial charge in [-0.25, -0.2) is 8.42 Å². The van der Waals surface area contributed by atoms with Crippen molar-refractivity contribution in [2.45, 2.75) is 33.3 Å². The zero-order valence-electron chi connectivity index (χ0n) is 13.2. The van der Waals surface area contributed by atoms with Gasteiger partial charge in [0.05, 0.1) is 11.9 Å². The summed E-state index contributed by atoms with van der Waals surface area (Å²) in [7, 11) is -2.94. The number of sulfone groups is 1. The molecule has 0 heterocycles. The van der Waals surface area contributed by atoms with Gasteiger partial charge in [0.25, 0.3) is 0 Å². The molecule has 1 atom stereocenters. The van der Waals surface area contributed by atoms with Crippen LogP contribution in [0.5, 0.6) is 0 Å². The van der Waals surface area contributed by atoms with Crippen LogP contribution >= 0.6 is 0 Å². The molecule has 0 bridgehead atoms. The minimum atomic E-state index is -2.94. The number of aliphatic hydroxyl groups is 1. The average Bonchev–Trinajstić information content (AvgIpc) is 2.43. The van der Waals surface area contributed by atoms with Crippen molar-refractivity contribution in [2.24, 2.45) is 5.92 Å².